The molecule has 0 aliphatic heterocycles. The van der Waals surface area contributed by atoms with Gasteiger partial charge in [0, 0.05) is 44.9 Å². The molecule has 0 amide bonds. The van der Waals surface area contributed by atoms with Gasteiger partial charge in [0.15, 0.2) is 11.6 Å². The standard InChI is InChI=1S/C20H20O6S2/c1-3-19(23,24)27-13-9-5-7-11-15(13)17(21)12-8-6-10-14(16(12)18(11)22)28-20(25,26)4-2/h5-10,23-26H,3-4H2,1-2H3. The third-order valence-corrected chi connectivity index (χ3v) is 6.82. The van der Waals surface area contributed by atoms with Crippen molar-refractivity contribution in [2.45, 2.75) is 46.7 Å². The van der Waals surface area contributed by atoms with Gasteiger partial charge in [0.05, 0.1) is 0 Å². The monoisotopic (exact) mass is 420 g/mol. The summed E-state index contributed by atoms with van der Waals surface area (Å²) in [7, 11) is 0. The molecule has 0 fully saturated rings. The summed E-state index contributed by atoms with van der Waals surface area (Å²) in [6.07, 6.45) is 0.0693. The Morgan fingerprint density at radius 1 is 0.714 bits per heavy atom. The third-order valence-electron chi connectivity index (χ3n) is 4.46. The number of hydrogen-bond acceptors (Lipinski definition) is 8. The minimum atomic E-state index is -2.06. The highest BCUT2D eigenvalue weighted by molar-refractivity contribution is 8.00. The van der Waals surface area contributed by atoms with Crippen LogP contribution < -0.4 is 0 Å². The number of rotatable bonds is 6. The van der Waals surface area contributed by atoms with Crippen LogP contribution in [0.15, 0.2) is 46.2 Å². The van der Waals surface area contributed by atoms with Crippen LogP contribution >= 0.6 is 23.5 Å². The van der Waals surface area contributed by atoms with E-state index in [1.807, 2.05) is 0 Å². The maximum absolute atomic E-state index is 13.2. The van der Waals surface area contributed by atoms with Crippen molar-refractivity contribution in [3.63, 3.8) is 0 Å². The second-order valence-electron chi connectivity index (χ2n) is 6.41. The first-order chi connectivity index (χ1) is 13.1. The highest BCUT2D eigenvalue weighted by atomic mass is 32.2. The molecule has 0 heterocycles. The highest BCUT2D eigenvalue weighted by Crippen LogP contribution is 2.42. The summed E-state index contributed by atoms with van der Waals surface area (Å²) in [6, 6.07) is 9.31. The summed E-state index contributed by atoms with van der Waals surface area (Å²) in [5, 5.41) is 35.8. The Bertz CT molecular complexity index is 874. The van der Waals surface area contributed by atoms with Gasteiger partial charge >= 0.3 is 0 Å². The first-order valence-electron chi connectivity index (χ1n) is 8.73. The topological polar surface area (TPSA) is 115 Å². The molecule has 0 unspecified atom stereocenters. The summed E-state index contributed by atoms with van der Waals surface area (Å²) in [4.78, 5) is 27.0. The van der Waals surface area contributed by atoms with Gasteiger partial charge in [-0.25, -0.2) is 0 Å². The molecule has 2 aromatic rings. The van der Waals surface area contributed by atoms with Crippen molar-refractivity contribution in [2.75, 3.05) is 0 Å². The second-order valence-corrected chi connectivity index (χ2v) is 9.01. The van der Waals surface area contributed by atoms with Gasteiger partial charge in [-0.15, -0.1) is 0 Å². The van der Waals surface area contributed by atoms with Crippen molar-refractivity contribution < 1.29 is 30.0 Å². The first kappa shape index (κ1) is 21.0. The summed E-state index contributed by atoms with van der Waals surface area (Å²) in [5.41, 5.74) is 0.562. The molecule has 3 rings (SSSR count). The molecular weight excluding hydrogens is 400 g/mol. The van der Waals surface area contributed by atoms with Crippen molar-refractivity contribution in [3.8, 4) is 0 Å². The van der Waals surface area contributed by atoms with Crippen LogP contribution in [-0.4, -0.2) is 42.2 Å². The van der Waals surface area contributed by atoms with Gasteiger partial charge in [-0.05, 0) is 12.1 Å². The summed E-state index contributed by atoms with van der Waals surface area (Å²) in [6.45, 7) is 3.19. The fourth-order valence-corrected chi connectivity index (χ4v) is 4.74. The van der Waals surface area contributed by atoms with Gasteiger partial charge in [-0.2, -0.15) is 0 Å². The van der Waals surface area contributed by atoms with E-state index in [2.05, 4.69) is 0 Å². The number of thioether (sulfide) groups is 2. The van der Waals surface area contributed by atoms with Gasteiger partial charge in [0.2, 0.25) is 10.2 Å². The van der Waals surface area contributed by atoms with Crippen LogP contribution in [0, 0.1) is 0 Å². The average molecular weight is 421 g/mol. The molecule has 0 atom stereocenters. The van der Waals surface area contributed by atoms with E-state index in [1.165, 1.54) is 12.1 Å². The number of hydrogen-bond donors (Lipinski definition) is 4. The Hall–Kier alpha value is -1.68. The van der Waals surface area contributed by atoms with E-state index in [-0.39, 0.29) is 35.1 Å². The molecule has 2 aromatic carbocycles. The molecule has 28 heavy (non-hydrogen) atoms. The molecule has 0 radical (unpaired) electrons. The van der Waals surface area contributed by atoms with Crippen LogP contribution in [0.4, 0.5) is 0 Å². The van der Waals surface area contributed by atoms with Gasteiger partial charge in [0.25, 0.3) is 0 Å². The molecule has 0 bridgehead atoms. The highest BCUT2D eigenvalue weighted by Gasteiger charge is 2.36. The molecule has 8 heteroatoms. The first-order valence-corrected chi connectivity index (χ1v) is 10.4. The Morgan fingerprint density at radius 3 is 1.39 bits per heavy atom. The van der Waals surface area contributed by atoms with Gasteiger partial charge < -0.3 is 20.4 Å². The van der Waals surface area contributed by atoms with Crippen LogP contribution in [0.25, 0.3) is 0 Å². The molecule has 1 aliphatic rings. The zero-order valence-electron chi connectivity index (χ0n) is 15.3. The lowest BCUT2D eigenvalue weighted by molar-refractivity contribution is -0.0782. The molecular formula is C20H20O6S2. The van der Waals surface area contributed by atoms with Crippen molar-refractivity contribution in [1.29, 1.82) is 0 Å². The summed E-state index contributed by atoms with van der Waals surface area (Å²) < 4.78 is 0. The van der Waals surface area contributed by atoms with Gasteiger partial charge in [-0.3, -0.25) is 9.59 Å². The second kappa shape index (κ2) is 7.62. The lowest BCUT2D eigenvalue weighted by atomic mass is 9.84. The molecule has 0 saturated carbocycles. The number of ketones is 2. The van der Waals surface area contributed by atoms with E-state index in [4.69, 9.17) is 0 Å². The fourth-order valence-electron chi connectivity index (χ4n) is 2.85. The minimum absolute atomic E-state index is 0.0347. The van der Waals surface area contributed by atoms with Crippen LogP contribution in [0.3, 0.4) is 0 Å². The zero-order valence-corrected chi connectivity index (χ0v) is 16.9. The van der Waals surface area contributed by atoms with Gasteiger partial charge in [0.1, 0.15) is 0 Å². The Balaban J connectivity index is 2.14. The molecule has 4 N–H and O–H groups in total. The molecule has 148 valence electrons. The van der Waals surface area contributed by atoms with Crippen LogP contribution in [-0.2, 0) is 0 Å². The van der Waals surface area contributed by atoms with E-state index in [0.717, 1.165) is 0 Å². The van der Waals surface area contributed by atoms with Crippen LogP contribution in [0.2, 0.25) is 0 Å². The van der Waals surface area contributed by atoms with E-state index in [9.17, 15) is 30.0 Å². The molecule has 6 nitrogen and oxygen atoms in total. The average Bonchev–Trinajstić information content (AvgIpc) is 2.65. The van der Waals surface area contributed by atoms with Crippen LogP contribution in [0.1, 0.15) is 58.5 Å². The number of benzene rings is 2. The van der Waals surface area contributed by atoms with E-state index in [0.29, 0.717) is 33.3 Å². The van der Waals surface area contributed by atoms with E-state index in [1.54, 1.807) is 38.1 Å². The molecule has 0 aromatic heterocycles. The van der Waals surface area contributed by atoms with Crippen molar-refractivity contribution in [2.24, 2.45) is 0 Å². The smallest absolute Gasteiger partial charge is 0.217 e. The van der Waals surface area contributed by atoms with Crippen LogP contribution in [0.5, 0.6) is 0 Å². The minimum Gasteiger partial charge on any atom is -0.357 e. The van der Waals surface area contributed by atoms with E-state index < -0.39 is 21.8 Å². The van der Waals surface area contributed by atoms with Crippen molar-refractivity contribution in [1.82, 2.24) is 0 Å². The predicted octanol–water partition coefficient (Wildman–Crippen LogP) is 2.74. The third kappa shape index (κ3) is 3.89. The molecule has 1 aliphatic carbocycles. The summed E-state index contributed by atoms with van der Waals surface area (Å²) in [5.74, 6) is -0.833. The number of carbonyl (C=O) groups excluding carboxylic acids is 2. The number of aliphatic hydroxyl groups is 4. The number of carbonyl (C=O) groups is 2. The summed E-state index contributed by atoms with van der Waals surface area (Å²) >= 11 is 1.42. The predicted molar refractivity (Wildman–Crippen MR) is 106 cm³/mol. The Labute approximate surface area is 170 Å². The molecule has 0 spiro atoms. The van der Waals surface area contributed by atoms with Gasteiger partial charge in [-0.1, -0.05) is 61.6 Å². The SMILES string of the molecule is CCC(O)(O)Sc1cccc2c1C(=O)c1cccc(SC(O)(O)CC)c1C2=O. The van der Waals surface area contributed by atoms with Crippen molar-refractivity contribution in [3.05, 3.63) is 58.7 Å². The number of fused-ring (bicyclic) bond motifs is 2. The van der Waals surface area contributed by atoms with Crippen molar-refractivity contribution >= 4 is 35.1 Å². The largest absolute Gasteiger partial charge is 0.357 e. The maximum Gasteiger partial charge on any atom is 0.217 e. The molecule has 0 saturated heterocycles. The normalized spacial score (nSPS) is 14.1. The fraction of sp³-hybridized carbons (Fsp3) is 0.300. The van der Waals surface area contributed by atoms with E-state index >= 15 is 0 Å². The quantitative estimate of drug-likeness (QED) is 0.355. The Kier molecular flexibility index (Phi) is 5.73. The maximum atomic E-state index is 13.2. The zero-order chi connectivity index (χ0) is 20.7. The lowest BCUT2D eigenvalue weighted by Crippen LogP contribution is -2.27. The lowest BCUT2D eigenvalue weighted by Gasteiger charge is -2.26. The Morgan fingerprint density at radius 2 is 1.07 bits per heavy atom.